The predicted molar refractivity (Wildman–Crippen MR) is 113 cm³/mol. The molecule has 6 nitrogen and oxygen atoms in total. The van der Waals surface area contributed by atoms with Gasteiger partial charge in [-0.1, -0.05) is 32.1 Å². The van der Waals surface area contributed by atoms with Crippen molar-refractivity contribution in [3.63, 3.8) is 0 Å². The molecule has 1 unspecified atom stereocenters. The fourth-order valence-electron chi connectivity index (χ4n) is 4.76. The molecule has 2 N–H and O–H groups in total. The van der Waals surface area contributed by atoms with Crippen LogP contribution in [0.2, 0.25) is 0 Å². The Labute approximate surface area is 170 Å². The van der Waals surface area contributed by atoms with E-state index in [9.17, 15) is 4.79 Å². The highest BCUT2D eigenvalue weighted by atomic mass is 16.5. The first-order valence-corrected chi connectivity index (χ1v) is 11.7. The summed E-state index contributed by atoms with van der Waals surface area (Å²) in [7, 11) is 0. The van der Waals surface area contributed by atoms with Gasteiger partial charge in [-0.3, -0.25) is 9.79 Å². The lowest BCUT2D eigenvalue weighted by Crippen LogP contribution is -2.45. The van der Waals surface area contributed by atoms with Crippen molar-refractivity contribution in [1.29, 1.82) is 0 Å². The molecule has 2 aliphatic carbocycles. The van der Waals surface area contributed by atoms with Gasteiger partial charge in [-0.15, -0.1) is 0 Å². The Balaban J connectivity index is 1.36. The third-order valence-corrected chi connectivity index (χ3v) is 6.37. The van der Waals surface area contributed by atoms with Crippen molar-refractivity contribution in [3.8, 4) is 0 Å². The van der Waals surface area contributed by atoms with Crippen LogP contribution < -0.4 is 10.6 Å². The standard InChI is InChI=1S/C22H40N4O2/c1-2-23-22(24-14-8-16-28-20-11-4-3-5-12-20)25-19-13-15-26(17-19)21(27)18-9-6-7-10-18/h18-20H,2-17H2,1H3,(H2,23,24,25). The van der Waals surface area contributed by atoms with E-state index in [0.29, 0.717) is 18.1 Å². The zero-order chi connectivity index (χ0) is 19.6. The number of amides is 1. The molecule has 160 valence electrons. The van der Waals surface area contributed by atoms with Crippen molar-refractivity contribution in [3.05, 3.63) is 0 Å². The van der Waals surface area contributed by atoms with Crippen molar-refractivity contribution < 1.29 is 9.53 Å². The second kappa shape index (κ2) is 11.6. The molecule has 6 heteroatoms. The van der Waals surface area contributed by atoms with Crippen LogP contribution in [0.1, 0.15) is 77.6 Å². The van der Waals surface area contributed by atoms with Crippen molar-refractivity contribution in [2.75, 3.05) is 32.8 Å². The molecule has 0 radical (unpaired) electrons. The molecule has 0 bridgehead atoms. The molecule has 0 aromatic rings. The molecule has 3 rings (SSSR count). The van der Waals surface area contributed by atoms with Crippen LogP contribution in [0.3, 0.4) is 0 Å². The normalized spacial score (nSPS) is 24.7. The maximum Gasteiger partial charge on any atom is 0.225 e. The number of aliphatic imine (C=N–C) groups is 1. The molecule has 0 aromatic heterocycles. The zero-order valence-electron chi connectivity index (χ0n) is 17.8. The summed E-state index contributed by atoms with van der Waals surface area (Å²) in [5, 5.41) is 6.88. The van der Waals surface area contributed by atoms with E-state index >= 15 is 0 Å². The van der Waals surface area contributed by atoms with Crippen molar-refractivity contribution in [2.24, 2.45) is 10.9 Å². The summed E-state index contributed by atoms with van der Waals surface area (Å²) < 4.78 is 5.99. The number of ether oxygens (including phenoxy) is 1. The van der Waals surface area contributed by atoms with Gasteiger partial charge in [-0.25, -0.2) is 0 Å². The smallest absolute Gasteiger partial charge is 0.225 e. The molecular weight excluding hydrogens is 352 g/mol. The Morgan fingerprint density at radius 2 is 1.82 bits per heavy atom. The Kier molecular flexibility index (Phi) is 8.90. The van der Waals surface area contributed by atoms with Gasteiger partial charge in [0.05, 0.1) is 6.10 Å². The summed E-state index contributed by atoms with van der Waals surface area (Å²) in [5.74, 6) is 1.54. The summed E-state index contributed by atoms with van der Waals surface area (Å²) in [5.41, 5.74) is 0. The molecule has 1 aliphatic heterocycles. The highest BCUT2D eigenvalue weighted by molar-refractivity contribution is 5.81. The lowest BCUT2D eigenvalue weighted by molar-refractivity contribution is -0.134. The maximum absolute atomic E-state index is 12.6. The Hall–Kier alpha value is -1.30. The third kappa shape index (κ3) is 6.64. The third-order valence-electron chi connectivity index (χ3n) is 6.37. The first-order chi connectivity index (χ1) is 13.8. The Morgan fingerprint density at radius 1 is 1.07 bits per heavy atom. The fourth-order valence-corrected chi connectivity index (χ4v) is 4.76. The SMILES string of the molecule is CCNC(=NCCCOC1CCCCC1)NC1CCN(C(=O)C2CCCC2)C1. The van der Waals surface area contributed by atoms with E-state index in [1.54, 1.807) is 0 Å². The van der Waals surface area contributed by atoms with Crippen molar-refractivity contribution in [2.45, 2.75) is 89.7 Å². The molecule has 1 atom stereocenters. The fraction of sp³-hybridized carbons (Fsp3) is 0.909. The Bertz CT molecular complexity index is 499. The van der Waals surface area contributed by atoms with Crippen molar-refractivity contribution in [1.82, 2.24) is 15.5 Å². The van der Waals surface area contributed by atoms with Crippen LogP contribution in [0.15, 0.2) is 4.99 Å². The van der Waals surface area contributed by atoms with Gasteiger partial charge in [0.2, 0.25) is 5.91 Å². The minimum atomic E-state index is 0.282. The number of hydrogen-bond acceptors (Lipinski definition) is 3. The van der Waals surface area contributed by atoms with Gasteiger partial charge < -0.3 is 20.3 Å². The second-order valence-corrected chi connectivity index (χ2v) is 8.64. The zero-order valence-corrected chi connectivity index (χ0v) is 17.8. The van der Waals surface area contributed by atoms with Crippen LogP contribution in [-0.2, 0) is 9.53 Å². The van der Waals surface area contributed by atoms with Crippen LogP contribution in [-0.4, -0.2) is 61.7 Å². The quantitative estimate of drug-likeness (QED) is 0.378. The van der Waals surface area contributed by atoms with E-state index < -0.39 is 0 Å². The van der Waals surface area contributed by atoms with E-state index in [-0.39, 0.29) is 5.92 Å². The number of likely N-dealkylation sites (tertiary alicyclic amines) is 1. The number of carbonyl (C=O) groups excluding carboxylic acids is 1. The van der Waals surface area contributed by atoms with Gasteiger partial charge in [0.15, 0.2) is 5.96 Å². The largest absolute Gasteiger partial charge is 0.378 e. The monoisotopic (exact) mass is 392 g/mol. The lowest BCUT2D eigenvalue weighted by atomic mass is 9.98. The molecule has 3 fully saturated rings. The molecule has 1 saturated heterocycles. The number of rotatable bonds is 8. The van der Waals surface area contributed by atoms with Crippen LogP contribution in [0.25, 0.3) is 0 Å². The average Bonchev–Trinajstić information content (AvgIpc) is 3.40. The van der Waals surface area contributed by atoms with E-state index in [1.807, 2.05) is 0 Å². The van der Waals surface area contributed by atoms with Gasteiger partial charge in [0.25, 0.3) is 0 Å². The minimum absolute atomic E-state index is 0.282. The summed E-state index contributed by atoms with van der Waals surface area (Å²) >= 11 is 0. The highest BCUT2D eigenvalue weighted by Crippen LogP contribution is 2.27. The minimum Gasteiger partial charge on any atom is -0.378 e. The summed E-state index contributed by atoms with van der Waals surface area (Å²) in [4.78, 5) is 19.4. The van der Waals surface area contributed by atoms with Crippen LogP contribution >= 0.6 is 0 Å². The van der Waals surface area contributed by atoms with E-state index in [0.717, 1.165) is 64.4 Å². The highest BCUT2D eigenvalue weighted by Gasteiger charge is 2.32. The van der Waals surface area contributed by atoms with Gasteiger partial charge in [0, 0.05) is 44.7 Å². The van der Waals surface area contributed by atoms with E-state index in [2.05, 4.69) is 22.5 Å². The number of guanidine groups is 1. The number of nitrogens with one attached hydrogen (secondary N) is 2. The number of nitrogens with zero attached hydrogens (tertiary/aromatic N) is 2. The van der Waals surface area contributed by atoms with E-state index in [4.69, 9.17) is 9.73 Å². The molecular formula is C22H40N4O2. The van der Waals surface area contributed by atoms with Gasteiger partial charge in [0.1, 0.15) is 0 Å². The van der Waals surface area contributed by atoms with Crippen molar-refractivity contribution >= 4 is 11.9 Å². The molecule has 0 aromatic carbocycles. The molecule has 28 heavy (non-hydrogen) atoms. The average molecular weight is 393 g/mol. The first-order valence-electron chi connectivity index (χ1n) is 11.7. The number of hydrogen-bond donors (Lipinski definition) is 2. The van der Waals surface area contributed by atoms with Gasteiger partial charge in [-0.2, -0.15) is 0 Å². The van der Waals surface area contributed by atoms with E-state index in [1.165, 1.54) is 44.9 Å². The summed E-state index contributed by atoms with van der Waals surface area (Å²) in [6, 6.07) is 0.307. The first kappa shape index (κ1) is 21.4. The number of carbonyl (C=O) groups is 1. The van der Waals surface area contributed by atoms with Crippen LogP contribution in [0.5, 0.6) is 0 Å². The van der Waals surface area contributed by atoms with Crippen LogP contribution in [0.4, 0.5) is 0 Å². The lowest BCUT2D eigenvalue weighted by Gasteiger charge is -2.22. The van der Waals surface area contributed by atoms with Crippen LogP contribution in [0, 0.1) is 5.92 Å². The summed E-state index contributed by atoms with van der Waals surface area (Å²) in [6.07, 6.45) is 13.5. The van der Waals surface area contributed by atoms with Gasteiger partial charge >= 0.3 is 0 Å². The predicted octanol–water partition coefficient (Wildman–Crippen LogP) is 3.07. The molecule has 3 aliphatic rings. The maximum atomic E-state index is 12.6. The molecule has 1 amide bonds. The summed E-state index contributed by atoms with van der Waals surface area (Å²) in [6.45, 7) is 6.21. The van der Waals surface area contributed by atoms with Gasteiger partial charge in [-0.05, 0) is 45.4 Å². The Morgan fingerprint density at radius 3 is 2.57 bits per heavy atom. The molecule has 0 spiro atoms. The molecule has 2 saturated carbocycles. The second-order valence-electron chi connectivity index (χ2n) is 8.64. The molecule has 1 heterocycles. The topological polar surface area (TPSA) is 66.0 Å².